The number of amides is 1. The smallest absolute Gasteiger partial charge is 0.324 e. The van der Waals surface area contributed by atoms with Crippen LogP contribution >= 0.6 is 0 Å². The Balaban J connectivity index is 1.84. The zero-order valence-electron chi connectivity index (χ0n) is 13.2. The van der Waals surface area contributed by atoms with E-state index in [9.17, 15) is 9.59 Å². The molecule has 0 atom stereocenters. The molecule has 8 heteroatoms. The predicted octanol–water partition coefficient (Wildman–Crippen LogP) is 1.55. The van der Waals surface area contributed by atoms with Crippen molar-refractivity contribution in [3.63, 3.8) is 0 Å². The van der Waals surface area contributed by atoms with Gasteiger partial charge in [0.2, 0.25) is 11.7 Å². The van der Waals surface area contributed by atoms with Crippen molar-refractivity contribution >= 4 is 11.6 Å². The number of benzene rings is 1. The standard InChI is InChI=1S/C16H15N5O3/c1-10-5-3-6-12(11(10)2)19-13(22)9-21-15(20-24-16(21)23)14-17-7-4-8-18-14/h3-8H,9H2,1-2H3,(H,19,22). The van der Waals surface area contributed by atoms with Crippen LogP contribution in [0.15, 0.2) is 46.0 Å². The Morgan fingerprint density at radius 1 is 1.21 bits per heavy atom. The summed E-state index contributed by atoms with van der Waals surface area (Å²) in [6.07, 6.45) is 3.03. The number of aryl methyl sites for hydroxylation is 1. The molecule has 0 saturated carbocycles. The van der Waals surface area contributed by atoms with Crippen LogP contribution in [0.1, 0.15) is 11.1 Å². The molecule has 2 aromatic heterocycles. The van der Waals surface area contributed by atoms with E-state index < -0.39 is 5.76 Å². The molecule has 1 amide bonds. The average Bonchev–Trinajstić information content (AvgIpc) is 2.93. The van der Waals surface area contributed by atoms with Crippen LogP contribution in [0.3, 0.4) is 0 Å². The summed E-state index contributed by atoms with van der Waals surface area (Å²) in [4.78, 5) is 32.1. The summed E-state index contributed by atoms with van der Waals surface area (Å²) >= 11 is 0. The lowest BCUT2D eigenvalue weighted by atomic mass is 10.1. The number of carbonyl (C=O) groups excluding carboxylic acids is 1. The minimum atomic E-state index is -0.742. The Bertz CT molecular complexity index is 930. The number of aromatic nitrogens is 4. The van der Waals surface area contributed by atoms with E-state index in [1.54, 1.807) is 12.1 Å². The molecule has 0 bridgehead atoms. The van der Waals surface area contributed by atoms with Gasteiger partial charge in [-0.2, -0.15) is 0 Å². The van der Waals surface area contributed by atoms with Crippen LogP contribution in [-0.2, 0) is 11.3 Å². The molecule has 2 heterocycles. The normalized spacial score (nSPS) is 10.6. The van der Waals surface area contributed by atoms with Gasteiger partial charge in [-0.3, -0.25) is 9.32 Å². The molecule has 1 aromatic carbocycles. The van der Waals surface area contributed by atoms with Crippen LogP contribution in [0.2, 0.25) is 0 Å². The largest absolute Gasteiger partial charge is 0.442 e. The van der Waals surface area contributed by atoms with Crippen molar-refractivity contribution < 1.29 is 9.32 Å². The van der Waals surface area contributed by atoms with Gasteiger partial charge >= 0.3 is 5.76 Å². The third kappa shape index (κ3) is 3.07. The summed E-state index contributed by atoms with van der Waals surface area (Å²) in [6.45, 7) is 3.63. The molecule has 0 saturated heterocycles. The van der Waals surface area contributed by atoms with Crippen molar-refractivity contribution in [2.24, 2.45) is 0 Å². The highest BCUT2D eigenvalue weighted by atomic mass is 16.5. The molecule has 0 aliphatic rings. The third-order valence-corrected chi connectivity index (χ3v) is 3.63. The van der Waals surface area contributed by atoms with E-state index in [0.29, 0.717) is 5.69 Å². The van der Waals surface area contributed by atoms with Gasteiger partial charge in [-0.25, -0.2) is 19.3 Å². The lowest BCUT2D eigenvalue weighted by Gasteiger charge is -2.10. The first-order valence-electron chi connectivity index (χ1n) is 7.26. The van der Waals surface area contributed by atoms with Gasteiger partial charge in [-0.15, -0.1) is 0 Å². The SMILES string of the molecule is Cc1cccc(NC(=O)Cn2c(-c3ncccn3)noc2=O)c1C. The lowest BCUT2D eigenvalue weighted by Crippen LogP contribution is -2.26. The maximum Gasteiger partial charge on any atom is 0.442 e. The van der Waals surface area contributed by atoms with E-state index >= 15 is 0 Å². The van der Waals surface area contributed by atoms with E-state index in [1.807, 2.05) is 26.0 Å². The van der Waals surface area contributed by atoms with Gasteiger partial charge in [0, 0.05) is 18.1 Å². The molecule has 122 valence electrons. The average molecular weight is 325 g/mol. The molecular weight excluding hydrogens is 310 g/mol. The number of rotatable bonds is 4. The number of anilines is 1. The molecule has 1 N–H and O–H groups in total. The molecular formula is C16H15N5O3. The number of hydrogen-bond acceptors (Lipinski definition) is 6. The zero-order chi connectivity index (χ0) is 17.1. The van der Waals surface area contributed by atoms with E-state index in [-0.39, 0.29) is 24.1 Å². The molecule has 0 unspecified atom stereocenters. The van der Waals surface area contributed by atoms with Crippen LogP contribution in [0, 0.1) is 13.8 Å². The first-order valence-corrected chi connectivity index (χ1v) is 7.26. The summed E-state index contributed by atoms with van der Waals surface area (Å²) in [6, 6.07) is 7.25. The fraction of sp³-hybridized carbons (Fsp3) is 0.188. The lowest BCUT2D eigenvalue weighted by molar-refractivity contribution is -0.116. The molecule has 0 aliphatic heterocycles. The molecule has 8 nitrogen and oxygen atoms in total. The number of carbonyl (C=O) groups is 1. The van der Waals surface area contributed by atoms with Gasteiger partial charge in [-0.1, -0.05) is 17.3 Å². The predicted molar refractivity (Wildman–Crippen MR) is 86.3 cm³/mol. The van der Waals surface area contributed by atoms with Crippen LogP contribution in [0.25, 0.3) is 11.6 Å². The summed E-state index contributed by atoms with van der Waals surface area (Å²) in [5, 5.41) is 6.43. The number of nitrogens with zero attached hydrogens (tertiary/aromatic N) is 4. The van der Waals surface area contributed by atoms with Gasteiger partial charge in [0.25, 0.3) is 0 Å². The van der Waals surface area contributed by atoms with Gasteiger partial charge in [0.1, 0.15) is 6.54 Å². The van der Waals surface area contributed by atoms with Crippen molar-refractivity contribution in [2.75, 3.05) is 5.32 Å². The van der Waals surface area contributed by atoms with E-state index in [1.165, 1.54) is 12.4 Å². The van der Waals surface area contributed by atoms with Gasteiger partial charge < -0.3 is 5.32 Å². The fourth-order valence-electron chi connectivity index (χ4n) is 2.20. The highest BCUT2D eigenvalue weighted by Crippen LogP contribution is 2.18. The molecule has 3 rings (SSSR count). The first kappa shape index (κ1) is 15.6. The third-order valence-electron chi connectivity index (χ3n) is 3.63. The van der Waals surface area contributed by atoms with Crippen LogP contribution in [0.4, 0.5) is 5.69 Å². The Labute approximate surface area is 137 Å². The maximum absolute atomic E-state index is 12.3. The Kier molecular flexibility index (Phi) is 4.19. The number of nitrogens with one attached hydrogen (secondary N) is 1. The fourth-order valence-corrected chi connectivity index (χ4v) is 2.20. The highest BCUT2D eigenvalue weighted by Gasteiger charge is 2.18. The zero-order valence-corrected chi connectivity index (χ0v) is 13.2. The van der Waals surface area contributed by atoms with E-state index in [4.69, 9.17) is 0 Å². The minimum absolute atomic E-state index is 0.108. The topological polar surface area (TPSA) is 103 Å². The van der Waals surface area contributed by atoms with Crippen LogP contribution < -0.4 is 11.1 Å². The summed E-state index contributed by atoms with van der Waals surface area (Å²) in [7, 11) is 0. The molecule has 3 aromatic rings. The summed E-state index contributed by atoms with van der Waals surface area (Å²) in [5.41, 5.74) is 2.73. The first-order chi connectivity index (χ1) is 11.6. The Morgan fingerprint density at radius 3 is 2.71 bits per heavy atom. The van der Waals surface area contributed by atoms with Crippen molar-refractivity contribution in [1.82, 2.24) is 19.7 Å². The van der Waals surface area contributed by atoms with Crippen molar-refractivity contribution in [3.8, 4) is 11.6 Å². The monoisotopic (exact) mass is 325 g/mol. The quantitative estimate of drug-likeness (QED) is 0.780. The Morgan fingerprint density at radius 2 is 1.96 bits per heavy atom. The second-order valence-electron chi connectivity index (χ2n) is 5.23. The molecule has 0 aliphatic carbocycles. The second kappa shape index (κ2) is 6.45. The molecule has 0 radical (unpaired) electrons. The second-order valence-corrected chi connectivity index (χ2v) is 5.23. The molecule has 24 heavy (non-hydrogen) atoms. The minimum Gasteiger partial charge on any atom is -0.324 e. The van der Waals surface area contributed by atoms with Crippen molar-refractivity contribution in [1.29, 1.82) is 0 Å². The van der Waals surface area contributed by atoms with E-state index in [2.05, 4.69) is 25.0 Å². The van der Waals surface area contributed by atoms with Crippen LogP contribution in [0.5, 0.6) is 0 Å². The van der Waals surface area contributed by atoms with Gasteiger partial charge in [-0.05, 0) is 37.1 Å². The van der Waals surface area contributed by atoms with Crippen molar-refractivity contribution in [3.05, 3.63) is 58.3 Å². The van der Waals surface area contributed by atoms with Gasteiger partial charge in [0.05, 0.1) is 0 Å². The summed E-state index contributed by atoms with van der Waals surface area (Å²) < 4.78 is 5.73. The summed E-state index contributed by atoms with van der Waals surface area (Å²) in [5.74, 6) is -0.792. The van der Waals surface area contributed by atoms with Gasteiger partial charge in [0.15, 0.2) is 5.82 Å². The van der Waals surface area contributed by atoms with E-state index in [0.717, 1.165) is 15.7 Å². The molecule has 0 spiro atoms. The van der Waals surface area contributed by atoms with Crippen LogP contribution in [-0.4, -0.2) is 25.6 Å². The maximum atomic E-state index is 12.3. The van der Waals surface area contributed by atoms with Crippen molar-refractivity contribution in [2.45, 2.75) is 20.4 Å². The molecule has 0 fully saturated rings. The highest BCUT2D eigenvalue weighted by molar-refractivity contribution is 5.91. The Hall–Kier alpha value is -3.29. The number of hydrogen-bond donors (Lipinski definition) is 1.